The third-order valence-corrected chi connectivity index (χ3v) is 3.94. The van der Waals surface area contributed by atoms with Crippen molar-refractivity contribution in [2.45, 2.75) is 25.4 Å². The largest absolute Gasteiger partial charge is 0.393 e. The summed E-state index contributed by atoms with van der Waals surface area (Å²) < 4.78 is 5.70. The minimum atomic E-state index is -0.580. The van der Waals surface area contributed by atoms with Crippen LogP contribution in [0.4, 0.5) is 11.4 Å². The second-order valence-corrected chi connectivity index (χ2v) is 5.50. The van der Waals surface area contributed by atoms with Gasteiger partial charge in [-0.25, -0.2) is 0 Å². The molecular formula is C15H23ClN4O4. The van der Waals surface area contributed by atoms with Crippen molar-refractivity contribution in [2.75, 3.05) is 32.0 Å². The molecule has 1 aliphatic heterocycles. The van der Waals surface area contributed by atoms with Crippen LogP contribution in [0.1, 0.15) is 29.6 Å². The summed E-state index contributed by atoms with van der Waals surface area (Å²) in [4.78, 5) is 24.5. The number of anilines is 1. The Hall–Kier alpha value is -1.90. The number of hydrogen-bond acceptors (Lipinski definition) is 6. The smallest absolute Gasteiger partial charge is 0.292 e. The molecule has 1 aromatic carbocycles. The average molecular weight is 359 g/mol. The summed E-state index contributed by atoms with van der Waals surface area (Å²) in [5, 5.41) is 10.9. The molecule has 1 saturated heterocycles. The van der Waals surface area contributed by atoms with E-state index < -0.39 is 4.92 Å². The second kappa shape index (κ2) is 9.41. The number of amides is 1. The lowest BCUT2D eigenvalue weighted by molar-refractivity contribution is -0.383. The number of nitro groups is 1. The van der Waals surface area contributed by atoms with E-state index in [1.807, 2.05) is 0 Å². The molecule has 1 fully saturated rings. The zero-order chi connectivity index (χ0) is 16.8. The third-order valence-electron chi connectivity index (χ3n) is 3.94. The van der Waals surface area contributed by atoms with Crippen LogP contribution in [0.5, 0.6) is 0 Å². The molecule has 0 radical (unpaired) electrons. The quantitative estimate of drug-likeness (QED) is 0.344. The Kier molecular flexibility index (Phi) is 7.90. The van der Waals surface area contributed by atoms with Crippen molar-refractivity contribution in [1.82, 2.24) is 4.90 Å². The first kappa shape index (κ1) is 20.1. The first-order valence-corrected chi connectivity index (χ1v) is 7.68. The fourth-order valence-electron chi connectivity index (χ4n) is 2.63. The first-order valence-electron chi connectivity index (χ1n) is 7.68. The van der Waals surface area contributed by atoms with E-state index in [9.17, 15) is 14.9 Å². The fraction of sp³-hybridized carbons (Fsp3) is 0.533. The maximum atomic E-state index is 12.5. The van der Waals surface area contributed by atoms with Crippen LogP contribution in [0.25, 0.3) is 0 Å². The van der Waals surface area contributed by atoms with Crippen molar-refractivity contribution >= 4 is 29.7 Å². The molecule has 9 heteroatoms. The zero-order valence-corrected chi connectivity index (χ0v) is 14.2. The van der Waals surface area contributed by atoms with E-state index in [1.54, 1.807) is 4.90 Å². The van der Waals surface area contributed by atoms with Crippen molar-refractivity contribution in [2.24, 2.45) is 5.73 Å². The highest BCUT2D eigenvalue weighted by atomic mass is 35.5. The molecule has 0 aromatic heterocycles. The van der Waals surface area contributed by atoms with Crippen LogP contribution in [0.3, 0.4) is 0 Å². The van der Waals surface area contributed by atoms with Crippen LogP contribution < -0.4 is 11.5 Å². The molecule has 2 rings (SSSR count). The third kappa shape index (κ3) is 4.80. The predicted molar refractivity (Wildman–Crippen MR) is 93.3 cm³/mol. The Morgan fingerprint density at radius 1 is 1.38 bits per heavy atom. The number of nitro benzene ring substituents is 1. The molecule has 0 saturated carbocycles. The van der Waals surface area contributed by atoms with Gasteiger partial charge in [-0.15, -0.1) is 12.4 Å². The SMILES string of the molecule is Cl.NCCCOC1CCN(C(=O)c2cccc([N+](=O)[O-])c2N)CC1. The summed E-state index contributed by atoms with van der Waals surface area (Å²) in [5.74, 6) is -0.272. The summed E-state index contributed by atoms with van der Waals surface area (Å²) in [7, 11) is 0. The summed E-state index contributed by atoms with van der Waals surface area (Å²) in [6, 6.07) is 4.29. The molecule has 0 unspecified atom stereocenters. The lowest BCUT2D eigenvalue weighted by atomic mass is 10.0. The molecule has 0 atom stereocenters. The van der Waals surface area contributed by atoms with E-state index in [-0.39, 0.29) is 41.4 Å². The highest BCUT2D eigenvalue weighted by Gasteiger charge is 2.27. The number of carbonyl (C=O) groups is 1. The number of hydrogen-bond donors (Lipinski definition) is 2. The molecular weight excluding hydrogens is 336 g/mol. The Bertz CT molecular complexity index is 577. The van der Waals surface area contributed by atoms with Gasteiger partial charge in [0.2, 0.25) is 0 Å². The van der Waals surface area contributed by atoms with Crippen LogP contribution in [0.2, 0.25) is 0 Å². The number of para-hydroxylation sites is 1. The number of likely N-dealkylation sites (tertiary alicyclic amines) is 1. The summed E-state index contributed by atoms with van der Waals surface area (Å²) in [6.45, 7) is 2.33. The highest BCUT2D eigenvalue weighted by Crippen LogP contribution is 2.27. The summed E-state index contributed by atoms with van der Waals surface area (Å²) >= 11 is 0. The van der Waals surface area contributed by atoms with E-state index >= 15 is 0 Å². The van der Waals surface area contributed by atoms with Gasteiger partial charge < -0.3 is 21.1 Å². The molecule has 1 heterocycles. The van der Waals surface area contributed by atoms with Gasteiger partial charge in [-0.2, -0.15) is 0 Å². The number of nitrogen functional groups attached to an aromatic ring is 1. The summed E-state index contributed by atoms with van der Waals surface area (Å²) in [5.41, 5.74) is 11.1. The van der Waals surface area contributed by atoms with Gasteiger partial charge in [0.15, 0.2) is 0 Å². The topological polar surface area (TPSA) is 125 Å². The van der Waals surface area contributed by atoms with Gasteiger partial charge in [0.25, 0.3) is 11.6 Å². The van der Waals surface area contributed by atoms with E-state index in [4.69, 9.17) is 16.2 Å². The second-order valence-electron chi connectivity index (χ2n) is 5.50. The maximum Gasteiger partial charge on any atom is 0.292 e. The van der Waals surface area contributed by atoms with Gasteiger partial charge in [0.1, 0.15) is 5.69 Å². The zero-order valence-electron chi connectivity index (χ0n) is 13.3. The van der Waals surface area contributed by atoms with E-state index in [0.29, 0.717) is 26.2 Å². The van der Waals surface area contributed by atoms with Crippen molar-refractivity contribution in [3.05, 3.63) is 33.9 Å². The number of halogens is 1. The van der Waals surface area contributed by atoms with Gasteiger partial charge in [-0.3, -0.25) is 14.9 Å². The number of ether oxygens (including phenoxy) is 1. The van der Waals surface area contributed by atoms with Gasteiger partial charge in [0, 0.05) is 25.8 Å². The van der Waals surface area contributed by atoms with E-state index in [0.717, 1.165) is 19.3 Å². The highest BCUT2D eigenvalue weighted by molar-refractivity contribution is 6.01. The molecule has 8 nitrogen and oxygen atoms in total. The average Bonchev–Trinajstić information content (AvgIpc) is 2.55. The van der Waals surface area contributed by atoms with Gasteiger partial charge in [-0.1, -0.05) is 6.07 Å². The molecule has 0 aliphatic carbocycles. The van der Waals surface area contributed by atoms with Gasteiger partial charge >= 0.3 is 0 Å². The fourth-order valence-corrected chi connectivity index (χ4v) is 2.63. The van der Waals surface area contributed by atoms with Crippen molar-refractivity contribution in [3.8, 4) is 0 Å². The van der Waals surface area contributed by atoms with Gasteiger partial charge in [0.05, 0.1) is 16.6 Å². The van der Waals surface area contributed by atoms with E-state index in [2.05, 4.69) is 0 Å². The maximum absolute atomic E-state index is 12.5. The molecule has 4 N–H and O–H groups in total. The Morgan fingerprint density at radius 2 is 2.04 bits per heavy atom. The van der Waals surface area contributed by atoms with Crippen molar-refractivity contribution in [3.63, 3.8) is 0 Å². The predicted octanol–water partition coefficient (Wildman–Crippen LogP) is 1.57. The number of piperidine rings is 1. The number of nitrogens with zero attached hydrogens (tertiary/aromatic N) is 2. The van der Waals surface area contributed by atoms with Crippen LogP contribution in [0, 0.1) is 10.1 Å². The van der Waals surface area contributed by atoms with E-state index in [1.165, 1.54) is 18.2 Å². The van der Waals surface area contributed by atoms with Crippen LogP contribution in [0.15, 0.2) is 18.2 Å². The lowest BCUT2D eigenvalue weighted by Gasteiger charge is -2.32. The molecule has 134 valence electrons. The Labute approximate surface area is 146 Å². The van der Waals surface area contributed by atoms with Crippen LogP contribution >= 0.6 is 12.4 Å². The standard InChI is InChI=1S/C15H22N4O4.ClH/c16-7-2-10-23-11-5-8-18(9-6-11)15(20)12-3-1-4-13(14(12)17)19(21)22;/h1,3-4,11H,2,5-10,16-17H2;1H. The Morgan fingerprint density at radius 3 is 2.62 bits per heavy atom. The minimum Gasteiger partial charge on any atom is -0.393 e. The van der Waals surface area contributed by atoms with Crippen LogP contribution in [-0.2, 0) is 4.74 Å². The Balaban J connectivity index is 0.00000288. The molecule has 0 spiro atoms. The summed E-state index contributed by atoms with van der Waals surface area (Å²) in [6.07, 6.45) is 2.44. The number of nitrogens with two attached hydrogens (primary N) is 2. The molecule has 1 aliphatic rings. The number of rotatable bonds is 6. The van der Waals surface area contributed by atoms with Crippen molar-refractivity contribution in [1.29, 1.82) is 0 Å². The molecule has 24 heavy (non-hydrogen) atoms. The molecule has 0 bridgehead atoms. The first-order chi connectivity index (χ1) is 11.0. The molecule has 1 aromatic rings. The molecule has 1 amide bonds. The van der Waals surface area contributed by atoms with Gasteiger partial charge in [-0.05, 0) is 31.9 Å². The lowest BCUT2D eigenvalue weighted by Crippen LogP contribution is -2.41. The number of benzene rings is 1. The number of carbonyl (C=O) groups excluding carboxylic acids is 1. The van der Waals surface area contributed by atoms with Crippen molar-refractivity contribution < 1.29 is 14.5 Å². The normalized spacial score (nSPS) is 15.0. The van der Waals surface area contributed by atoms with Crippen LogP contribution in [-0.4, -0.2) is 48.1 Å². The minimum absolute atomic E-state index is 0. The monoisotopic (exact) mass is 358 g/mol.